The van der Waals surface area contributed by atoms with E-state index in [9.17, 15) is 9.18 Å². The smallest absolute Gasteiger partial charge is 0.254 e. The number of carbonyl (C=O) groups is 1. The van der Waals surface area contributed by atoms with Crippen LogP contribution in [0.4, 0.5) is 4.39 Å². The molecule has 0 saturated carbocycles. The highest BCUT2D eigenvalue weighted by Gasteiger charge is 2.30. The van der Waals surface area contributed by atoms with E-state index in [-0.39, 0.29) is 17.3 Å². The van der Waals surface area contributed by atoms with Gasteiger partial charge in [0.15, 0.2) is 5.84 Å². The summed E-state index contributed by atoms with van der Waals surface area (Å²) >= 11 is 3.16. The molecule has 1 aliphatic rings. The zero-order chi connectivity index (χ0) is 14.7. The lowest BCUT2D eigenvalue weighted by Gasteiger charge is -2.34. The maximum atomic E-state index is 13.4. The van der Waals surface area contributed by atoms with Crippen molar-refractivity contribution in [1.82, 2.24) is 4.90 Å². The summed E-state index contributed by atoms with van der Waals surface area (Å²) in [5.41, 5.74) is 5.88. The number of halogens is 2. The molecule has 1 unspecified atom stereocenters. The Morgan fingerprint density at radius 2 is 2.20 bits per heavy atom. The molecule has 2 rings (SSSR count). The summed E-state index contributed by atoms with van der Waals surface area (Å²) in [6.45, 7) is 0.508. The third-order valence-corrected chi connectivity index (χ3v) is 3.79. The summed E-state index contributed by atoms with van der Waals surface area (Å²) in [5, 5.41) is 11.8. The number of hydrogen-bond donors (Lipinski definition) is 2. The second-order valence-electron chi connectivity index (χ2n) is 4.69. The maximum absolute atomic E-state index is 13.4. The first-order valence-corrected chi connectivity index (χ1v) is 7.06. The van der Waals surface area contributed by atoms with E-state index >= 15 is 0 Å². The van der Waals surface area contributed by atoms with E-state index in [4.69, 9.17) is 10.9 Å². The van der Waals surface area contributed by atoms with Crippen molar-refractivity contribution in [2.24, 2.45) is 10.9 Å². The molecule has 1 aromatic carbocycles. The minimum Gasteiger partial charge on any atom is -0.409 e. The van der Waals surface area contributed by atoms with E-state index in [0.717, 1.165) is 12.8 Å². The number of amidine groups is 1. The van der Waals surface area contributed by atoms with Crippen LogP contribution in [0.15, 0.2) is 27.8 Å². The first-order chi connectivity index (χ1) is 9.52. The van der Waals surface area contributed by atoms with E-state index in [1.165, 1.54) is 17.0 Å². The van der Waals surface area contributed by atoms with Crippen LogP contribution in [-0.4, -0.2) is 34.4 Å². The molecule has 1 amide bonds. The summed E-state index contributed by atoms with van der Waals surface area (Å²) in [5.74, 6) is -0.796. The zero-order valence-corrected chi connectivity index (χ0v) is 12.3. The minimum absolute atomic E-state index is 0.00789. The lowest BCUT2D eigenvalue weighted by Crippen LogP contribution is -2.50. The van der Waals surface area contributed by atoms with Gasteiger partial charge in [0, 0.05) is 16.6 Å². The van der Waals surface area contributed by atoms with E-state index in [2.05, 4.69) is 21.1 Å². The molecular weight excluding hydrogens is 329 g/mol. The molecule has 1 fully saturated rings. The van der Waals surface area contributed by atoms with Crippen LogP contribution in [0.2, 0.25) is 0 Å². The number of amides is 1. The molecule has 0 spiro atoms. The van der Waals surface area contributed by atoms with Crippen LogP contribution in [0.1, 0.15) is 29.6 Å². The Balaban J connectivity index is 2.29. The molecule has 20 heavy (non-hydrogen) atoms. The highest BCUT2D eigenvalue weighted by Crippen LogP contribution is 2.22. The van der Waals surface area contributed by atoms with E-state index in [0.29, 0.717) is 17.4 Å². The van der Waals surface area contributed by atoms with Crippen LogP contribution in [0, 0.1) is 5.82 Å². The van der Waals surface area contributed by atoms with Crippen molar-refractivity contribution in [1.29, 1.82) is 0 Å². The van der Waals surface area contributed by atoms with Gasteiger partial charge in [-0.15, -0.1) is 0 Å². The lowest BCUT2D eigenvalue weighted by molar-refractivity contribution is 0.0676. The fourth-order valence-corrected chi connectivity index (χ4v) is 2.86. The molecule has 7 heteroatoms. The van der Waals surface area contributed by atoms with Gasteiger partial charge in [0.25, 0.3) is 5.91 Å². The number of nitrogens with two attached hydrogens (primary N) is 1. The van der Waals surface area contributed by atoms with Crippen LogP contribution in [0.5, 0.6) is 0 Å². The van der Waals surface area contributed by atoms with Gasteiger partial charge in [0.05, 0.1) is 6.04 Å². The molecule has 1 saturated heterocycles. The number of hydrogen-bond acceptors (Lipinski definition) is 3. The molecule has 5 nitrogen and oxygen atoms in total. The van der Waals surface area contributed by atoms with E-state index < -0.39 is 11.9 Å². The average molecular weight is 344 g/mol. The highest BCUT2D eigenvalue weighted by molar-refractivity contribution is 9.10. The number of benzene rings is 1. The Kier molecular flexibility index (Phi) is 4.59. The van der Waals surface area contributed by atoms with Gasteiger partial charge < -0.3 is 15.8 Å². The van der Waals surface area contributed by atoms with Crippen molar-refractivity contribution in [2.75, 3.05) is 6.54 Å². The molecule has 1 aliphatic heterocycles. The highest BCUT2D eigenvalue weighted by atomic mass is 79.9. The fourth-order valence-electron chi connectivity index (χ4n) is 2.39. The number of rotatable bonds is 2. The number of nitrogens with zero attached hydrogens (tertiary/aromatic N) is 2. The van der Waals surface area contributed by atoms with Gasteiger partial charge in [-0.25, -0.2) is 4.39 Å². The Bertz CT molecular complexity index is 530. The molecule has 3 N–H and O–H groups in total. The first kappa shape index (κ1) is 14.8. The third-order valence-electron chi connectivity index (χ3n) is 3.33. The fraction of sp³-hybridized carbons (Fsp3) is 0.385. The van der Waals surface area contributed by atoms with Gasteiger partial charge in [-0.3, -0.25) is 4.79 Å². The van der Waals surface area contributed by atoms with Crippen LogP contribution in [0.25, 0.3) is 0 Å². The van der Waals surface area contributed by atoms with Gasteiger partial charge in [-0.1, -0.05) is 21.1 Å². The average Bonchev–Trinajstić information content (AvgIpc) is 2.44. The molecule has 1 aromatic rings. The van der Waals surface area contributed by atoms with Crippen molar-refractivity contribution >= 4 is 27.7 Å². The van der Waals surface area contributed by atoms with Crippen molar-refractivity contribution in [3.05, 3.63) is 34.1 Å². The first-order valence-electron chi connectivity index (χ1n) is 6.27. The predicted molar refractivity (Wildman–Crippen MR) is 76.2 cm³/mol. The largest absolute Gasteiger partial charge is 0.409 e. The zero-order valence-electron chi connectivity index (χ0n) is 10.7. The van der Waals surface area contributed by atoms with Crippen LogP contribution in [0.3, 0.4) is 0 Å². The molecule has 108 valence electrons. The monoisotopic (exact) mass is 343 g/mol. The van der Waals surface area contributed by atoms with E-state index in [1.807, 2.05) is 0 Å². The molecule has 0 radical (unpaired) electrons. The van der Waals surface area contributed by atoms with Gasteiger partial charge in [0.2, 0.25) is 0 Å². The second kappa shape index (κ2) is 6.21. The summed E-state index contributed by atoms with van der Waals surface area (Å²) < 4.78 is 13.9. The van der Waals surface area contributed by atoms with Crippen molar-refractivity contribution in [3.8, 4) is 0 Å². The number of piperidine rings is 1. The summed E-state index contributed by atoms with van der Waals surface area (Å²) in [6, 6.07) is 3.59. The Labute approximate surface area is 124 Å². The van der Waals surface area contributed by atoms with Crippen LogP contribution in [-0.2, 0) is 0 Å². The Morgan fingerprint density at radius 3 is 2.85 bits per heavy atom. The second-order valence-corrected chi connectivity index (χ2v) is 5.61. The van der Waals surface area contributed by atoms with Crippen LogP contribution >= 0.6 is 15.9 Å². The van der Waals surface area contributed by atoms with Crippen molar-refractivity contribution in [2.45, 2.75) is 25.3 Å². The number of oxime groups is 1. The van der Waals surface area contributed by atoms with Crippen molar-refractivity contribution < 1.29 is 14.4 Å². The SMILES string of the molecule is NC(=NO)C1CCCCN1C(=O)c1cc(F)cc(Br)c1. The van der Waals surface area contributed by atoms with Crippen LogP contribution < -0.4 is 5.73 Å². The molecule has 1 atom stereocenters. The molecule has 0 aliphatic carbocycles. The minimum atomic E-state index is -0.486. The Hall–Kier alpha value is -1.63. The molecule has 1 heterocycles. The normalized spacial score (nSPS) is 20.0. The maximum Gasteiger partial charge on any atom is 0.254 e. The number of carbonyl (C=O) groups excluding carboxylic acids is 1. The van der Waals surface area contributed by atoms with E-state index in [1.54, 1.807) is 6.07 Å². The van der Waals surface area contributed by atoms with Gasteiger partial charge in [0.1, 0.15) is 5.82 Å². The van der Waals surface area contributed by atoms with Crippen molar-refractivity contribution in [3.63, 3.8) is 0 Å². The third kappa shape index (κ3) is 3.09. The number of likely N-dealkylation sites (tertiary alicyclic amines) is 1. The Morgan fingerprint density at radius 1 is 1.45 bits per heavy atom. The van der Waals surface area contributed by atoms with Gasteiger partial charge >= 0.3 is 0 Å². The topological polar surface area (TPSA) is 78.9 Å². The standard InChI is InChI=1S/C13H15BrFN3O2/c14-9-5-8(6-10(15)7-9)13(19)18-4-2-1-3-11(18)12(16)17-20/h5-7,11,20H,1-4H2,(H2,16,17). The predicted octanol–water partition coefficient (Wildman–Crippen LogP) is 2.33. The lowest BCUT2D eigenvalue weighted by atomic mass is 10.00. The summed E-state index contributed by atoms with van der Waals surface area (Å²) in [7, 11) is 0. The van der Waals surface area contributed by atoms with Gasteiger partial charge in [-0.2, -0.15) is 0 Å². The quantitative estimate of drug-likeness (QED) is 0.374. The summed E-state index contributed by atoms with van der Waals surface area (Å²) in [6.07, 6.45) is 2.38. The van der Waals surface area contributed by atoms with Gasteiger partial charge in [-0.05, 0) is 37.5 Å². The molecular formula is C13H15BrFN3O2. The molecule has 0 bridgehead atoms. The summed E-state index contributed by atoms with van der Waals surface area (Å²) in [4.78, 5) is 14.0. The molecule has 0 aromatic heterocycles.